The summed E-state index contributed by atoms with van der Waals surface area (Å²) in [7, 11) is -0.430. The number of benzene rings is 3. The number of likely N-dealkylation sites (tertiary alicyclic amines) is 1. The van der Waals surface area contributed by atoms with Gasteiger partial charge in [0.2, 0.25) is 0 Å². The number of aromatic amines is 1. The number of H-pyrrole nitrogens is 1. The number of ether oxygens (including phenoxy) is 2. The molecular formula is C46H53ClN8O7S. The van der Waals surface area contributed by atoms with Gasteiger partial charge in [0.05, 0.1) is 32.3 Å². The zero-order valence-electron chi connectivity index (χ0n) is 35.5. The summed E-state index contributed by atoms with van der Waals surface area (Å²) >= 11 is 6.70. The molecule has 1 unspecified atom stereocenters. The highest BCUT2D eigenvalue weighted by atomic mass is 35.5. The number of fused-ring (bicyclic) bond motifs is 1. The molecule has 2 aromatic heterocycles. The molecule has 3 saturated heterocycles. The lowest BCUT2D eigenvalue weighted by Gasteiger charge is -2.56. The maximum absolute atomic E-state index is 13.9. The van der Waals surface area contributed by atoms with E-state index in [0.717, 1.165) is 92.4 Å². The number of nitrogens with one attached hydrogen (secondary N) is 3. The smallest absolute Gasteiger partial charge is 0.293 e. The molecule has 3 N–H and O–H groups in total. The Kier molecular flexibility index (Phi) is 12.0. The van der Waals surface area contributed by atoms with Crippen LogP contribution in [0.15, 0.2) is 84.0 Å². The summed E-state index contributed by atoms with van der Waals surface area (Å²) in [6, 6.07) is 19.5. The number of aromatic nitrogens is 2. The van der Waals surface area contributed by atoms with E-state index in [1.165, 1.54) is 30.3 Å². The molecule has 63 heavy (non-hydrogen) atoms. The Labute approximate surface area is 372 Å². The highest BCUT2D eigenvalue weighted by molar-refractivity contribution is 7.90. The fourth-order valence-corrected chi connectivity index (χ4v) is 11.5. The second-order valence-corrected chi connectivity index (χ2v) is 19.8. The predicted molar refractivity (Wildman–Crippen MR) is 244 cm³/mol. The lowest BCUT2D eigenvalue weighted by atomic mass is 9.59. The van der Waals surface area contributed by atoms with Gasteiger partial charge in [-0.2, -0.15) is 0 Å². The lowest BCUT2D eigenvalue weighted by molar-refractivity contribution is -0.384. The first-order valence-electron chi connectivity index (χ1n) is 21.8. The van der Waals surface area contributed by atoms with E-state index in [0.29, 0.717) is 43.2 Å². The number of nitrogens with zero attached hydrogens (tertiary/aromatic N) is 5. The first-order chi connectivity index (χ1) is 30.4. The van der Waals surface area contributed by atoms with Crippen molar-refractivity contribution in [2.24, 2.45) is 11.3 Å². The van der Waals surface area contributed by atoms with Crippen LogP contribution in [0.5, 0.6) is 11.5 Å². The molecule has 1 aliphatic carbocycles. The SMILES string of the molecule is CN(C)c1c(Cl)cccc1C1CCCN1C1CC2(CCN(c3ccc(C(=O)NS(=O)(=O)c4ccc(NCC5CCOCC5)c([N+](=O)[O-])c4)c(Oc4cnc5[nH]ccc5c4)c3)CC2)C1. The van der Waals surface area contributed by atoms with Crippen molar-refractivity contribution in [2.75, 3.05) is 68.6 Å². The first kappa shape index (κ1) is 42.9. The van der Waals surface area contributed by atoms with Crippen LogP contribution >= 0.6 is 11.6 Å². The average molecular weight is 897 g/mol. The predicted octanol–water partition coefficient (Wildman–Crippen LogP) is 8.53. The van der Waals surface area contributed by atoms with E-state index in [1.807, 2.05) is 18.2 Å². The highest BCUT2D eigenvalue weighted by Gasteiger charge is 2.50. The minimum atomic E-state index is -4.55. The Morgan fingerprint density at radius 1 is 1.05 bits per heavy atom. The molecule has 1 spiro atoms. The van der Waals surface area contributed by atoms with E-state index in [2.05, 4.69) is 60.9 Å². The number of rotatable bonds is 13. The van der Waals surface area contributed by atoms with Crippen LogP contribution in [0, 0.1) is 21.4 Å². The van der Waals surface area contributed by atoms with Gasteiger partial charge in [-0.3, -0.25) is 19.8 Å². The van der Waals surface area contributed by atoms with Crippen LogP contribution in [0.25, 0.3) is 11.0 Å². The number of sulfonamides is 1. The van der Waals surface area contributed by atoms with Crippen molar-refractivity contribution in [3.05, 3.63) is 105 Å². The maximum atomic E-state index is 13.9. The molecule has 1 amide bonds. The third-order valence-electron chi connectivity index (χ3n) is 13.6. The van der Waals surface area contributed by atoms with Crippen molar-refractivity contribution in [1.29, 1.82) is 0 Å². The number of anilines is 3. The van der Waals surface area contributed by atoms with Crippen molar-refractivity contribution in [3.63, 3.8) is 0 Å². The standard InChI is InChI=1S/C46H53ClN8O7S/c1-52(2)43-36(5-3-6-38(43)47)40-7-4-18-54(40)33-26-46(27-33)15-19-53(20-16-46)32-8-10-37(42(24-32)62-34-23-31-12-17-48-44(31)50-29-34)45(56)51-63(59,60)35-9-11-39(41(25-35)55(57)58)49-28-30-13-21-61-22-14-30/h3,5-6,8-12,17,23-25,29-30,33,40,49H,4,7,13-16,18-22,26-28H2,1-2H3,(H,48,50)(H,51,56). The van der Waals surface area contributed by atoms with Gasteiger partial charge >= 0.3 is 0 Å². The molecule has 1 atom stereocenters. The van der Waals surface area contributed by atoms with Crippen LogP contribution < -0.4 is 24.6 Å². The van der Waals surface area contributed by atoms with Crippen molar-refractivity contribution < 1.29 is 27.6 Å². The molecule has 17 heteroatoms. The van der Waals surface area contributed by atoms with Gasteiger partial charge in [0.1, 0.15) is 22.8 Å². The molecule has 15 nitrogen and oxygen atoms in total. The maximum Gasteiger partial charge on any atom is 0.293 e. The molecule has 332 valence electrons. The second kappa shape index (κ2) is 17.6. The number of nitro groups is 1. The molecule has 5 heterocycles. The Morgan fingerprint density at radius 3 is 2.60 bits per heavy atom. The average Bonchev–Trinajstić information content (AvgIpc) is 3.95. The molecule has 4 aliphatic rings. The van der Waals surface area contributed by atoms with Gasteiger partial charge in [0, 0.05) is 88.4 Å². The minimum Gasteiger partial charge on any atom is -0.455 e. The second-order valence-electron chi connectivity index (χ2n) is 17.7. The molecule has 5 aromatic rings. The zero-order chi connectivity index (χ0) is 43.9. The number of amides is 1. The molecule has 0 radical (unpaired) electrons. The third-order valence-corrected chi connectivity index (χ3v) is 15.2. The van der Waals surface area contributed by atoms with E-state index in [-0.39, 0.29) is 28.3 Å². The van der Waals surface area contributed by atoms with Crippen molar-refractivity contribution >= 4 is 61.3 Å². The Bertz CT molecular complexity index is 2620. The number of para-hydroxylation sites is 1. The molecule has 4 fully saturated rings. The van der Waals surface area contributed by atoms with Gasteiger partial charge in [-0.25, -0.2) is 18.1 Å². The van der Waals surface area contributed by atoms with Gasteiger partial charge in [0.15, 0.2) is 0 Å². The molecule has 0 bridgehead atoms. The number of pyridine rings is 1. The van der Waals surface area contributed by atoms with Crippen molar-refractivity contribution in [3.8, 4) is 11.5 Å². The summed E-state index contributed by atoms with van der Waals surface area (Å²) in [5, 5.41) is 16.8. The van der Waals surface area contributed by atoms with Crippen LogP contribution in [-0.2, 0) is 14.8 Å². The summed E-state index contributed by atoms with van der Waals surface area (Å²) in [6.45, 7) is 4.48. The number of carbonyl (C=O) groups excluding carboxylic acids is 1. The van der Waals surface area contributed by atoms with E-state index < -0.39 is 31.4 Å². The summed E-state index contributed by atoms with van der Waals surface area (Å²) in [4.78, 5) is 39.6. The summed E-state index contributed by atoms with van der Waals surface area (Å²) in [5.74, 6) is -0.147. The van der Waals surface area contributed by atoms with Gasteiger partial charge < -0.3 is 29.6 Å². The van der Waals surface area contributed by atoms with Crippen molar-refractivity contribution in [1.82, 2.24) is 19.6 Å². The summed E-state index contributed by atoms with van der Waals surface area (Å²) < 4.78 is 41.3. The monoisotopic (exact) mass is 896 g/mol. The van der Waals surface area contributed by atoms with Gasteiger partial charge in [-0.1, -0.05) is 23.7 Å². The van der Waals surface area contributed by atoms with E-state index >= 15 is 0 Å². The number of carbonyl (C=O) groups is 1. The summed E-state index contributed by atoms with van der Waals surface area (Å²) in [5.41, 5.74) is 3.98. The zero-order valence-corrected chi connectivity index (χ0v) is 37.1. The third kappa shape index (κ3) is 8.90. The normalized spacial score (nSPS) is 19.5. The fraction of sp³-hybridized carbons (Fsp3) is 0.435. The molecular weight excluding hydrogens is 844 g/mol. The van der Waals surface area contributed by atoms with E-state index in [9.17, 15) is 23.3 Å². The number of nitro benzene ring substituents is 1. The van der Waals surface area contributed by atoms with Crippen LogP contribution in [-0.4, -0.2) is 93.6 Å². The largest absolute Gasteiger partial charge is 0.455 e. The van der Waals surface area contributed by atoms with E-state index in [4.69, 9.17) is 21.1 Å². The molecule has 3 aromatic carbocycles. The van der Waals surface area contributed by atoms with Crippen LogP contribution in [0.2, 0.25) is 5.02 Å². The van der Waals surface area contributed by atoms with Crippen LogP contribution in [0.1, 0.15) is 73.3 Å². The Balaban J connectivity index is 0.904. The van der Waals surface area contributed by atoms with E-state index in [1.54, 1.807) is 24.4 Å². The van der Waals surface area contributed by atoms with Crippen LogP contribution in [0.4, 0.5) is 22.7 Å². The Morgan fingerprint density at radius 2 is 1.84 bits per heavy atom. The topological polar surface area (TPSA) is 175 Å². The number of halogens is 1. The highest BCUT2D eigenvalue weighted by Crippen LogP contribution is 2.55. The van der Waals surface area contributed by atoms with Crippen molar-refractivity contribution in [2.45, 2.75) is 68.3 Å². The Hall–Kier alpha value is -5.42. The number of hydrogen-bond donors (Lipinski definition) is 3. The lowest BCUT2D eigenvalue weighted by Crippen LogP contribution is -2.54. The van der Waals surface area contributed by atoms with Crippen LogP contribution in [0.3, 0.4) is 0 Å². The fourth-order valence-electron chi connectivity index (χ4n) is 10.2. The van der Waals surface area contributed by atoms with Gasteiger partial charge in [-0.15, -0.1) is 0 Å². The summed E-state index contributed by atoms with van der Waals surface area (Å²) in [6.07, 6.45) is 11.6. The number of hydrogen-bond acceptors (Lipinski definition) is 12. The van der Waals surface area contributed by atoms with Gasteiger partial charge in [-0.05, 0) is 117 Å². The molecule has 9 rings (SSSR count). The quantitative estimate of drug-likeness (QED) is 0.0760. The molecule has 3 aliphatic heterocycles. The van der Waals surface area contributed by atoms with Gasteiger partial charge in [0.25, 0.3) is 21.6 Å². The molecule has 1 saturated carbocycles. The first-order valence-corrected chi connectivity index (χ1v) is 23.6. The minimum absolute atomic E-state index is 0.0200. The number of piperidine rings is 1.